The number of para-hydroxylation sites is 1. The Bertz CT molecular complexity index is 998. The quantitative estimate of drug-likeness (QED) is 0.511. The SMILES string of the molecule is Cc1ccccc1NC(=S)Nc1c(C)nn(Cc2ccc(Cl)c(Cl)c2)c1C. The van der Waals surface area contributed by atoms with Crippen molar-refractivity contribution in [3.8, 4) is 0 Å². The molecule has 0 atom stereocenters. The predicted molar refractivity (Wildman–Crippen MR) is 118 cm³/mol. The summed E-state index contributed by atoms with van der Waals surface area (Å²) < 4.78 is 1.92. The molecule has 3 aromatic rings. The normalized spacial score (nSPS) is 10.7. The third-order valence-electron chi connectivity index (χ3n) is 4.33. The molecular weight excluding hydrogens is 399 g/mol. The topological polar surface area (TPSA) is 41.9 Å². The Morgan fingerprint density at radius 3 is 2.48 bits per heavy atom. The number of benzene rings is 2. The van der Waals surface area contributed by atoms with E-state index in [1.807, 2.05) is 61.9 Å². The highest BCUT2D eigenvalue weighted by molar-refractivity contribution is 7.80. The summed E-state index contributed by atoms with van der Waals surface area (Å²) in [7, 11) is 0. The first-order valence-corrected chi connectivity index (χ1v) is 9.63. The van der Waals surface area contributed by atoms with Crippen molar-refractivity contribution in [2.45, 2.75) is 27.3 Å². The minimum Gasteiger partial charge on any atom is -0.332 e. The number of anilines is 2. The van der Waals surface area contributed by atoms with Crippen molar-refractivity contribution in [1.29, 1.82) is 0 Å². The van der Waals surface area contributed by atoms with Gasteiger partial charge in [0, 0.05) is 5.69 Å². The average Bonchev–Trinajstić information content (AvgIpc) is 2.88. The molecule has 0 bridgehead atoms. The zero-order chi connectivity index (χ0) is 19.6. The van der Waals surface area contributed by atoms with Crippen LogP contribution in [0.5, 0.6) is 0 Å². The lowest BCUT2D eigenvalue weighted by Gasteiger charge is -2.13. The fourth-order valence-electron chi connectivity index (χ4n) is 2.82. The number of hydrogen-bond donors (Lipinski definition) is 2. The van der Waals surface area contributed by atoms with Crippen LogP contribution in [-0.2, 0) is 6.54 Å². The Labute approximate surface area is 174 Å². The molecular formula is C20H20Cl2N4S. The fourth-order valence-corrected chi connectivity index (χ4v) is 3.36. The van der Waals surface area contributed by atoms with E-state index in [0.29, 0.717) is 21.7 Å². The second-order valence-corrected chi connectivity index (χ2v) is 7.57. The molecule has 0 unspecified atom stereocenters. The maximum Gasteiger partial charge on any atom is 0.175 e. The monoisotopic (exact) mass is 418 g/mol. The lowest BCUT2D eigenvalue weighted by molar-refractivity contribution is 0.659. The molecule has 27 heavy (non-hydrogen) atoms. The van der Waals surface area contributed by atoms with E-state index in [-0.39, 0.29) is 0 Å². The molecule has 0 saturated carbocycles. The van der Waals surface area contributed by atoms with E-state index < -0.39 is 0 Å². The highest BCUT2D eigenvalue weighted by Crippen LogP contribution is 2.25. The van der Waals surface area contributed by atoms with Gasteiger partial charge in [-0.3, -0.25) is 4.68 Å². The summed E-state index contributed by atoms with van der Waals surface area (Å²) in [4.78, 5) is 0. The molecule has 0 spiro atoms. The molecule has 2 aromatic carbocycles. The van der Waals surface area contributed by atoms with Gasteiger partial charge in [0.2, 0.25) is 0 Å². The van der Waals surface area contributed by atoms with Gasteiger partial charge in [-0.1, -0.05) is 47.5 Å². The van der Waals surface area contributed by atoms with Crippen LogP contribution in [0.25, 0.3) is 0 Å². The molecule has 1 heterocycles. The van der Waals surface area contributed by atoms with E-state index in [9.17, 15) is 0 Å². The Kier molecular flexibility index (Phi) is 6.05. The van der Waals surface area contributed by atoms with Crippen LogP contribution in [0, 0.1) is 20.8 Å². The molecule has 140 valence electrons. The first-order chi connectivity index (χ1) is 12.8. The number of nitrogens with zero attached hydrogens (tertiary/aromatic N) is 2. The van der Waals surface area contributed by atoms with Gasteiger partial charge in [-0.25, -0.2) is 0 Å². The Balaban J connectivity index is 1.76. The number of halogens is 2. The molecule has 1 aromatic heterocycles. The van der Waals surface area contributed by atoms with Crippen molar-refractivity contribution in [3.63, 3.8) is 0 Å². The number of rotatable bonds is 4. The predicted octanol–water partition coefficient (Wildman–Crippen LogP) is 5.97. The second-order valence-electron chi connectivity index (χ2n) is 6.35. The van der Waals surface area contributed by atoms with E-state index in [1.54, 1.807) is 6.07 Å². The summed E-state index contributed by atoms with van der Waals surface area (Å²) in [5, 5.41) is 12.8. The molecule has 7 heteroatoms. The van der Waals surface area contributed by atoms with Crippen molar-refractivity contribution in [1.82, 2.24) is 9.78 Å². The number of aromatic nitrogens is 2. The molecule has 3 rings (SSSR count). The minimum atomic E-state index is 0.532. The number of thiocarbonyl (C=S) groups is 1. The smallest absolute Gasteiger partial charge is 0.175 e. The van der Waals surface area contributed by atoms with Crippen LogP contribution in [-0.4, -0.2) is 14.9 Å². The molecule has 2 N–H and O–H groups in total. The Hall–Kier alpha value is -2.08. The Morgan fingerprint density at radius 1 is 1.04 bits per heavy atom. The molecule has 0 aliphatic heterocycles. The van der Waals surface area contributed by atoms with Crippen LogP contribution < -0.4 is 10.6 Å². The largest absolute Gasteiger partial charge is 0.332 e. The number of aryl methyl sites for hydroxylation is 2. The van der Waals surface area contributed by atoms with Crippen molar-refractivity contribution < 1.29 is 0 Å². The van der Waals surface area contributed by atoms with E-state index >= 15 is 0 Å². The van der Waals surface area contributed by atoms with Gasteiger partial charge in [0.15, 0.2) is 5.11 Å². The van der Waals surface area contributed by atoms with Crippen molar-refractivity contribution in [2.75, 3.05) is 10.6 Å². The number of hydrogen-bond acceptors (Lipinski definition) is 2. The van der Waals surface area contributed by atoms with Gasteiger partial charge in [0.25, 0.3) is 0 Å². The van der Waals surface area contributed by atoms with E-state index in [4.69, 9.17) is 35.4 Å². The van der Waals surface area contributed by atoms with Crippen molar-refractivity contribution in [3.05, 3.63) is 75.0 Å². The lowest BCUT2D eigenvalue weighted by atomic mass is 10.2. The van der Waals surface area contributed by atoms with Crippen LogP contribution >= 0.6 is 35.4 Å². The summed E-state index contributed by atoms with van der Waals surface area (Å²) in [5.74, 6) is 0. The molecule has 0 radical (unpaired) electrons. The highest BCUT2D eigenvalue weighted by atomic mass is 35.5. The van der Waals surface area contributed by atoms with Gasteiger partial charge < -0.3 is 10.6 Å². The van der Waals surface area contributed by atoms with Crippen LogP contribution in [0.4, 0.5) is 11.4 Å². The molecule has 0 saturated heterocycles. The van der Waals surface area contributed by atoms with Crippen LogP contribution in [0.3, 0.4) is 0 Å². The highest BCUT2D eigenvalue weighted by Gasteiger charge is 2.14. The first-order valence-electron chi connectivity index (χ1n) is 8.46. The summed E-state index contributed by atoms with van der Waals surface area (Å²) in [6.07, 6.45) is 0. The summed E-state index contributed by atoms with van der Waals surface area (Å²) in [5.41, 5.74) is 5.91. The fraction of sp³-hybridized carbons (Fsp3) is 0.200. The maximum atomic E-state index is 6.12. The summed E-state index contributed by atoms with van der Waals surface area (Å²) >= 11 is 17.6. The summed E-state index contributed by atoms with van der Waals surface area (Å²) in [6, 6.07) is 13.6. The zero-order valence-corrected chi connectivity index (χ0v) is 17.6. The van der Waals surface area contributed by atoms with Crippen LogP contribution in [0.2, 0.25) is 10.0 Å². The third kappa shape index (κ3) is 4.61. The molecule has 0 fully saturated rings. The van der Waals surface area contributed by atoms with Gasteiger partial charge in [0.05, 0.1) is 33.7 Å². The lowest BCUT2D eigenvalue weighted by Crippen LogP contribution is -2.20. The van der Waals surface area contributed by atoms with Crippen molar-refractivity contribution >= 4 is 51.9 Å². The van der Waals surface area contributed by atoms with Gasteiger partial charge in [0.1, 0.15) is 0 Å². The van der Waals surface area contributed by atoms with E-state index in [1.165, 1.54) is 0 Å². The van der Waals surface area contributed by atoms with Crippen LogP contribution in [0.15, 0.2) is 42.5 Å². The molecule has 0 aliphatic carbocycles. The molecule has 4 nitrogen and oxygen atoms in total. The number of nitrogens with one attached hydrogen (secondary N) is 2. The van der Waals surface area contributed by atoms with Gasteiger partial charge in [-0.15, -0.1) is 0 Å². The van der Waals surface area contributed by atoms with E-state index in [0.717, 1.165) is 33.9 Å². The minimum absolute atomic E-state index is 0.532. The van der Waals surface area contributed by atoms with Gasteiger partial charge in [-0.05, 0) is 62.3 Å². The van der Waals surface area contributed by atoms with E-state index in [2.05, 4.69) is 15.7 Å². The second kappa shape index (κ2) is 8.30. The standard InChI is InChI=1S/C20H20Cl2N4S/c1-12-6-4-5-7-18(12)23-20(27)24-19-13(2)25-26(14(19)3)11-15-8-9-16(21)17(22)10-15/h4-10H,11H2,1-3H3,(H2,23,24,27). The molecule has 0 aliphatic rings. The first kappa shape index (κ1) is 19.7. The average molecular weight is 419 g/mol. The van der Waals surface area contributed by atoms with Gasteiger partial charge >= 0.3 is 0 Å². The summed E-state index contributed by atoms with van der Waals surface area (Å²) in [6.45, 7) is 6.60. The van der Waals surface area contributed by atoms with Crippen molar-refractivity contribution in [2.24, 2.45) is 0 Å². The molecule has 0 amide bonds. The zero-order valence-electron chi connectivity index (χ0n) is 15.3. The van der Waals surface area contributed by atoms with Gasteiger partial charge in [-0.2, -0.15) is 5.10 Å². The maximum absolute atomic E-state index is 6.12. The van der Waals surface area contributed by atoms with Crippen LogP contribution in [0.1, 0.15) is 22.5 Å². The Morgan fingerprint density at radius 2 is 1.78 bits per heavy atom. The third-order valence-corrected chi connectivity index (χ3v) is 5.27.